The number of fused-ring (bicyclic) bond motifs is 3. The lowest BCUT2D eigenvalue weighted by Crippen LogP contribution is -2.43. The molecule has 0 aliphatic carbocycles. The molecule has 3 rings (SSSR count). The summed E-state index contributed by atoms with van der Waals surface area (Å²) >= 11 is 2.33. The number of likely N-dealkylation sites (N-methyl/N-ethyl adjacent to an activating group) is 1. The van der Waals surface area contributed by atoms with Crippen LogP contribution in [0.1, 0.15) is 5.56 Å². The number of halogens is 1. The second kappa shape index (κ2) is 4.62. The normalized spacial score (nSPS) is 21.0. The topological polar surface area (TPSA) is 31.2 Å². The maximum absolute atomic E-state index is 4.70. The standard InChI is InChI=1S/C13H15IN4/c1-17(2)7-10-6-15-13-11-5-9(14)3-4-12(11)16-8-18(10)13/h3-5,8,10H,6-7H2,1-2H3. The van der Waals surface area contributed by atoms with Crippen LogP contribution < -0.4 is 0 Å². The Morgan fingerprint density at radius 3 is 3.06 bits per heavy atom. The molecule has 0 bridgehead atoms. The lowest BCUT2D eigenvalue weighted by molar-refractivity contribution is 0.323. The van der Waals surface area contributed by atoms with E-state index in [2.05, 4.69) is 69.7 Å². The predicted molar refractivity (Wildman–Crippen MR) is 82.9 cm³/mol. The van der Waals surface area contributed by atoms with Gasteiger partial charge < -0.3 is 9.80 Å². The molecule has 0 fully saturated rings. The van der Waals surface area contributed by atoms with E-state index in [1.807, 2.05) is 6.34 Å². The first kappa shape index (κ1) is 12.1. The quantitative estimate of drug-likeness (QED) is 0.761. The van der Waals surface area contributed by atoms with Crippen molar-refractivity contribution in [3.05, 3.63) is 27.3 Å². The number of nitrogens with zero attached hydrogens (tertiary/aromatic N) is 4. The first-order valence-electron chi connectivity index (χ1n) is 5.97. The smallest absolute Gasteiger partial charge is 0.138 e. The zero-order valence-corrected chi connectivity index (χ0v) is 12.6. The molecule has 18 heavy (non-hydrogen) atoms. The van der Waals surface area contributed by atoms with Gasteiger partial charge in [-0.15, -0.1) is 0 Å². The second-order valence-electron chi connectivity index (χ2n) is 4.89. The molecule has 94 valence electrons. The summed E-state index contributed by atoms with van der Waals surface area (Å²) in [6.45, 7) is 1.85. The lowest BCUT2D eigenvalue weighted by Gasteiger charge is -2.28. The minimum absolute atomic E-state index is 0.407. The third-order valence-corrected chi connectivity index (χ3v) is 3.86. The van der Waals surface area contributed by atoms with E-state index in [0.717, 1.165) is 30.2 Å². The van der Waals surface area contributed by atoms with Gasteiger partial charge in [-0.3, -0.25) is 4.99 Å². The van der Waals surface area contributed by atoms with E-state index in [1.165, 1.54) is 3.57 Å². The average Bonchev–Trinajstić information content (AvgIpc) is 2.72. The van der Waals surface area contributed by atoms with Gasteiger partial charge in [0.1, 0.15) is 5.84 Å². The number of amidine groups is 1. The third kappa shape index (κ3) is 2.05. The summed E-state index contributed by atoms with van der Waals surface area (Å²) in [6, 6.07) is 6.71. The van der Waals surface area contributed by atoms with E-state index < -0.39 is 0 Å². The van der Waals surface area contributed by atoms with Crippen LogP contribution in [-0.4, -0.2) is 55.2 Å². The molecule has 4 nitrogen and oxygen atoms in total. The van der Waals surface area contributed by atoms with E-state index in [1.54, 1.807) is 0 Å². The predicted octanol–water partition coefficient (Wildman–Crippen LogP) is 1.96. The monoisotopic (exact) mass is 354 g/mol. The van der Waals surface area contributed by atoms with E-state index in [-0.39, 0.29) is 0 Å². The summed E-state index contributed by atoms with van der Waals surface area (Å²) in [6.07, 6.45) is 1.93. The van der Waals surface area contributed by atoms with Gasteiger partial charge in [0.05, 0.1) is 24.6 Å². The molecule has 1 atom stereocenters. The summed E-state index contributed by atoms with van der Waals surface area (Å²) in [5.41, 5.74) is 2.18. The molecule has 0 saturated carbocycles. The molecule has 1 aromatic carbocycles. The van der Waals surface area contributed by atoms with Crippen LogP contribution in [0, 0.1) is 3.57 Å². The van der Waals surface area contributed by atoms with Crippen molar-refractivity contribution in [2.75, 3.05) is 27.2 Å². The van der Waals surface area contributed by atoms with E-state index in [4.69, 9.17) is 4.99 Å². The largest absolute Gasteiger partial charge is 0.311 e. The molecule has 0 radical (unpaired) electrons. The lowest BCUT2D eigenvalue weighted by atomic mass is 10.1. The Labute approximate surface area is 121 Å². The summed E-state index contributed by atoms with van der Waals surface area (Å²) in [4.78, 5) is 13.6. The highest BCUT2D eigenvalue weighted by Crippen LogP contribution is 2.29. The fourth-order valence-corrected chi connectivity index (χ4v) is 2.89. The zero-order chi connectivity index (χ0) is 12.7. The summed E-state index contributed by atoms with van der Waals surface area (Å²) in [7, 11) is 4.19. The maximum Gasteiger partial charge on any atom is 0.138 e. The van der Waals surface area contributed by atoms with Crippen LogP contribution in [0.2, 0.25) is 0 Å². The van der Waals surface area contributed by atoms with Crippen molar-refractivity contribution in [2.24, 2.45) is 9.98 Å². The van der Waals surface area contributed by atoms with Gasteiger partial charge in [0.15, 0.2) is 0 Å². The molecule has 2 aliphatic heterocycles. The highest BCUT2D eigenvalue weighted by atomic mass is 127. The van der Waals surface area contributed by atoms with Crippen molar-refractivity contribution in [2.45, 2.75) is 6.04 Å². The highest BCUT2D eigenvalue weighted by Gasteiger charge is 2.31. The Kier molecular flexibility index (Phi) is 3.11. The van der Waals surface area contributed by atoms with Gasteiger partial charge in [0.2, 0.25) is 0 Å². The molecule has 2 aliphatic rings. The van der Waals surface area contributed by atoms with E-state index in [9.17, 15) is 0 Å². The molecule has 0 amide bonds. The maximum atomic E-state index is 4.70. The Bertz CT molecular complexity index is 536. The zero-order valence-electron chi connectivity index (χ0n) is 10.5. The van der Waals surface area contributed by atoms with Gasteiger partial charge in [-0.1, -0.05) is 0 Å². The molecule has 0 aromatic heterocycles. The average molecular weight is 354 g/mol. The Morgan fingerprint density at radius 1 is 1.44 bits per heavy atom. The van der Waals surface area contributed by atoms with Crippen LogP contribution in [0.4, 0.5) is 5.69 Å². The molecule has 1 unspecified atom stereocenters. The number of rotatable bonds is 2. The van der Waals surface area contributed by atoms with Crippen LogP contribution in [0.5, 0.6) is 0 Å². The van der Waals surface area contributed by atoms with Crippen molar-refractivity contribution < 1.29 is 0 Å². The Balaban J connectivity index is 1.94. The fraction of sp³-hybridized carbons (Fsp3) is 0.385. The van der Waals surface area contributed by atoms with Crippen molar-refractivity contribution in [1.29, 1.82) is 0 Å². The summed E-state index contributed by atoms with van der Waals surface area (Å²) < 4.78 is 1.22. The highest BCUT2D eigenvalue weighted by molar-refractivity contribution is 14.1. The Morgan fingerprint density at radius 2 is 2.28 bits per heavy atom. The summed E-state index contributed by atoms with van der Waals surface area (Å²) in [5, 5.41) is 0. The van der Waals surface area contributed by atoms with Crippen molar-refractivity contribution in [3.8, 4) is 0 Å². The number of benzene rings is 1. The second-order valence-corrected chi connectivity index (χ2v) is 6.14. The van der Waals surface area contributed by atoms with Gasteiger partial charge in [0.25, 0.3) is 0 Å². The first-order chi connectivity index (χ1) is 8.65. The molecule has 5 heteroatoms. The van der Waals surface area contributed by atoms with Gasteiger partial charge >= 0.3 is 0 Å². The molecule has 2 heterocycles. The van der Waals surface area contributed by atoms with Crippen molar-refractivity contribution in [1.82, 2.24) is 9.80 Å². The Hall–Kier alpha value is -0.950. The molecular formula is C13H15IN4. The van der Waals surface area contributed by atoms with Crippen LogP contribution >= 0.6 is 22.6 Å². The van der Waals surface area contributed by atoms with Gasteiger partial charge in [0, 0.05) is 15.7 Å². The van der Waals surface area contributed by atoms with E-state index in [0.29, 0.717) is 6.04 Å². The van der Waals surface area contributed by atoms with Crippen LogP contribution in [0.15, 0.2) is 28.2 Å². The SMILES string of the molecule is CN(C)CC1CN=C2c3cc(I)ccc3N=CN21. The fourth-order valence-electron chi connectivity index (χ4n) is 2.40. The van der Waals surface area contributed by atoms with Gasteiger partial charge in [-0.05, 0) is 54.9 Å². The minimum Gasteiger partial charge on any atom is -0.311 e. The van der Waals surface area contributed by atoms with Crippen LogP contribution in [-0.2, 0) is 0 Å². The van der Waals surface area contributed by atoms with Crippen molar-refractivity contribution >= 4 is 40.5 Å². The molecule has 0 N–H and O–H groups in total. The molecular weight excluding hydrogens is 339 g/mol. The van der Waals surface area contributed by atoms with Crippen LogP contribution in [0.3, 0.4) is 0 Å². The third-order valence-electron chi connectivity index (χ3n) is 3.19. The van der Waals surface area contributed by atoms with Gasteiger partial charge in [-0.2, -0.15) is 0 Å². The van der Waals surface area contributed by atoms with Crippen molar-refractivity contribution in [3.63, 3.8) is 0 Å². The number of hydrogen-bond donors (Lipinski definition) is 0. The minimum atomic E-state index is 0.407. The molecule has 0 saturated heterocycles. The number of hydrogen-bond acceptors (Lipinski definition) is 4. The van der Waals surface area contributed by atoms with Gasteiger partial charge in [-0.25, -0.2) is 4.99 Å². The molecule has 0 spiro atoms. The number of aliphatic imine (C=N–C) groups is 2. The molecule has 1 aromatic rings. The van der Waals surface area contributed by atoms with Crippen LogP contribution in [0.25, 0.3) is 0 Å². The van der Waals surface area contributed by atoms with E-state index >= 15 is 0 Å². The first-order valence-corrected chi connectivity index (χ1v) is 7.04. The summed E-state index contributed by atoms with van der Waals surface area (Å²) in [5.74, 6) is 1.07.